The van der Waals surface area contributed by atoms with E-state index >= 15 is 0 Å². The lowest BCUT2D eigenvalue weighted by atomic mass is 9.87. The van der Waals surface area contributed by atoms with Crippen molar-refractivity contribution in [1.29, 1.82) is 0 Å². The van der Waals surface area contributed by atoms with Crippen molar-refractivity contribution < 1.29 is 23.1 Å². The molecule has 0 spiro atoms. The Morgan fingerprint density at radius 1 is 1.07 bits per heavy atom. The summed E-state index contributed by atoms with van der Waals surface area (Å²) in [5, 5.41) is 2.37. The van der Waals surface area contributed by atoms with Crippen LogP contribution in [0.15, 0.2) is 42.5 Å². The fraction of sp³-hybridized carbons (Fsp3) is 0.333. The Morgan fingerprint density at radius 2 is 1.64 bits per heavy atom. The number of hydrogen-bond donors (Lipinski definition) is 1. The number of esters is 1. The number of carbonyl (C=O) groups excluding carboxylic acids is 2. The Morgan fingerprint density at radius 3 is 2.14 bits per heavy atom. The fourth-order valence-electron chi connectivity index (χ4n) is 2.46. The van der Waals surface area contributed by atoms with E-state index in [-0.39, 0.29) is 17.9 Å². The van der Waals surface area contributed by atoms with E-state index in [1.165, 1.54) is 0 Å². The molecule has 0 aliphatic carbocycles. The molecule has 2 aromatic carbocycles. The molecular formula is C21H22ClF2NO3. The van der Waals surface area contributed by atoms with Gasteiger partial charge in [-0.3, -0.25) is 4.79 Å². The van der Waals surface area contributed by atoms with Crippen LogP contribution in [-0.4, -0.2) is 30.4 Å². The molecule has 0 fully saturated rings. The smallest absolute Gasteiger partial charge is 0.338 e. The summed E-state index contributed by atoms with van der Waals surface area (Å²) in [4.78, 5) is 24.3. The van der Waals surface area contributed by atoms with Gasteiger partial charge in [0.05, 0.1) is 11.6 Å². The minimum Gasteiger partial charge on any atom is -0.460 e. The SMILES string of the molecule is CC(C)(C)c1ccc(C(=O)OCC(CCl)NC(=O)c2c(F)cccc2F)cc1. The largest absolute Gasteiger partial charge is 0.460 e. The van der Waals surface area contributed by atoms with Crippen molar-refractivity contribution in [2.75, 3.05) is 12.5 Å². The standard InChI is InChI=1S/C21H22ClF2NO3/c1-21(2,3)14-9-7-13(8-10-14)20(27)28-12-15(11-22)25-19(26)18-16(23)5-4-6-17(18)24/h4-10,15H,11-12H2,1-3H3,(H,25,26). The summed E-state index contributed by atoms with van der Waals surface area (Å²) in [7, 11) is 0. The third-order valence-corrected chi connectivity index (χ3v) is 4.49. The molecule has 0 saturated carbocycles. The quantitative estimate of drug-likeness (QED) is 0.566. The zero-order valence-electron chi connectivity index (χ0n) is 15.9. The zero-order chi connectivity index (χ0) is 20.9. The molecule has 4 nitrogen and oxygen atoms in total. The maximum atomic E-state index is 13.7. The van der Waals surface area contributed by atoms with Crippen LogP contribution in [0.3, 0.4) is 0 Å². The number of ether oxygens (including phenoxy) is 1. The van der Waals surface area contributed by atoms with E-state index in [9.17, 15) is 18.4 Å². The first kappa shape index (κ1) is 21.8. The lowest BCUT2D eigenvalue weighted by Gasteiger charge is -2.19. The van der Waals surface area contributed by atoms with Gasteiger partial charge in [-0.15, -0.1) is 11.6 Å². The molecule has 2 aromatic rings. The van der Waals surface area contributed by atoms with Crippen molar-refractivity contribution in [2.45, 2.75) is 32.2 Å². The summed E-state index contributed by atoms with van der Waals surface area (Å²) < 4.78 is 32.6. The molecular weight excluding hydrogens is 388 g/mol. The molecule has 0 aromatic heterocycles. The van der Waals surface area contributed by atoms with Crippen LogP contribution in [0.5, 0.6) is 0 Å². The third kappa shape index (κ3) is 5.52. The molecule has 2 rings (SSSR count). The number of hydrogen-bond acceptors (Lipinski definition) is 3. The van der Waals surface area contributed by atoms with Gasteiger partial charge in [0, 0.05) is 5.88 Å². The molecule has 1 unspecified atom stereocenters. The lowest BCUT2D eigenvalue weighted by Crippen LogP contribution is -2.40. The van der Waals surface area contributed by atoms with Gasteiger partial charge in [-0.1, -0.05) is 39.0 Å². The van der Waals surface area contributed by atoms with Crippen LogP contribution in [0.1, 0.15) is 47.1 Å². The first-order valence-corrected chi connectivity index (χ1v) is 9.25. The summed E-state index contributed by atoms with van der Waals surface area (Å²) in [6.45, 7) is 5.95. The van der Waals surface area contributed by atoms with E-state index in [0.29, 0.717) is 5.56 Å². The summed E-state index contributed by atoms with van der Waals surface area (Å²) in [6, 6.07) is 9.33. The topological polar surface area (TPSA) is 55.4 Å². The second-order valence-electron chi connectivity index (χ2n) is 7.35. The highest BCUT2D eigenvalue weighted by molar-refractivity contribution is 6.18. The molecule has 0 heterocycles. The van der Waals surface area contributed by atoms with Gasteiger partial charge in [0.2, 0.25) is 0 Å². The maximum absolute atomic E-state index is 13.7. The van der Waals surface area contributed by atoms with Crippen molar-refractivity contribution >= 4 is 23.5 Å². The second kappa shape index (κ2) is 9.15. The Bertz CT molecular complexity index is 827. The highest BCUT2D eigenvalue weighted by Crippen LogP contribution is 2.22. The Balaban J connectivity index is 1.98. The maximum Gasteiger partial charge on any atom is 0.338 e. The Labute approximate surface area is 167 Å². The summed E-state index contributed by atoms with van der Waals surface area (Å²) in [5.41, 5.74) is 0.676. The molecule has 150 valence electrons. The number of alkyl halides is 1. The van der Waals surface area contributed by atoms with Crippen LogP contribution >= 0.6 is 11.6 Å². The highest BCUT2D eigenvalue weighted by atomic mass is 35.5. The van der Waals surface area contributed by atoms with Crippen molar-refractivity contribution in [2.24, 2.45) is 0 Å². The number of benzene rings is 2. The van der Waals surface area contributed by atoms with Crippen molar-refractivity contribution in [3.8, 4) is 0 Å². The van der Waals surface area contributed by atoms with Crippen LogP contribution in [-0.2, 0) is 10.2 Å². The molecule has 0 bridgehead atoms. The number of amides is 1. The molecule has 28 heavy (non-hydrogen) atoms. The number of rotatable bonds is 6. The molecule has 1 atom stereocenters. The molecule has 0 saturated heterocycles. The van der Waals surface area contributed by atoms with Gasteiger partial charge in [0.1, 0.15) is 23.8 Å². The van der Waals surface area contributed by atoms with Crippen LogP contribution in [0.4, 0.5) is 8.78 Å². The van der Waals surface area contributed by atoms with Gasteiger partial charge in [-0.25, -0.2) is 13.6 Å². The van der Waals surface area contributed by atoms with Crippen molar-refractivity contribution in [3.63, 3.8) is 0 Å². The van der Waals surface area contributed by atoms with Gasteiger partial charge in [-0.05, 0) is 35.2 Å². The van der Waals surface area contributed by atoms with Gasteiger partial charge in [0.15, 0.2) is 0 Å². The monoisotopic (exact) mass is 409 g/mol. The number of carbonyl (C=O) groups is 2. The fourth-order valence-corrected chi connectivity index (χ4v) is 2.63. The van der Waals surface area contributed by atoms with E-state index in [0.717, 1.165) is 23.8 Å². The van der Waals surface area contributed by atoms with E-state index in [2.05, 4.69) is 26.1 Å². The molecule has 0 aliphatic rings. The third-order valence-electron chi connectivity index (χ3n) is 4.11. The van der Waals surface area contributed by atoms with Gasteiger partial charge in [-0.2, -0.15) is 0 Å². The van der Waals surface area contributed by atoms with E-state index in [1.807, 2.05) is 12.1 Å². The van der Waals surface area contributed by atoms with Crippen LogP contribution in [0, 0.1) is 11.6 Å². The Hall–Kier alpha value is -2.47. The van der Waals surface area contributed by atoms with E-state index in [1.54, 1.807) is 12.1 Å². The molecule has 1 N–H and O–H groups in total. The molecule has 1 amide bonds. The minimum absolute atomic E-state index is 0.0432. The van der Waals surface area contributed by atoms with Gasteiger partial charge in [0.25, 0.3) is 5.91 Å². The van der Waals surface area contributed by atoms with Crippen molar-refractivity contribution in [3.05, 3.63) is 70.8 Å². The van der Waals surface area contributed by atoms with E-state index in [4.69, 9.17) is 16.3 Å². The molecule has 0 aliphatic heterocycles. The highest BCUT2D eigenvalue weighted by Gasteiger charge is 2.21. The Kier molecular flexibility index (Phi) is 7.13. The first-order chi connectivity index (χ1) is 13.1. The molecule has 0 radical (unpaired) electrons. The predicted octanol–water partition coefficient (Wildman–Crippen LogP) is 4.46. The average molecular weight is 410 g/mol. The second-order valence-corrected chi connectivity index (χ2v) is 7.66. The van der Waals surface area contributed by atoms with Gasteiger partial charge < -0.3 is 10.1 Å². The summed E-state index contributed by atoms with van der Waals surface area (Å²) in [6.07, 6.45) is 0. The zero-order valence-corrected chi connectivity index (χ0v) is 16.6. The normalized spacial score (nSPS) is 12.4. The average Bonchev–Trinajstić information content (AvgIpc) is 2.64. The first-order valence-electron chi connectivity index (χ1n) is 8.72. The lowest BCUT2D eigenvalue weighted by molar-refractivity contribution is 0.0465. The summed E-state index contributed by atoms with van der Waals surface area (Å²) in [5.74, 6) is -3.62. The van der Waals surface area contributed by atoms with Crippen LogP contribution in [0.2, 0.25) is 0 Å². The molecule has 7 heteroatoms. The number of halogens is 3. The minimum atomic E-state index is -0.984. The van der Waals surface area contributed by atoms with Crippen LogP contribution in [0.25, 0.3) is 0 Å². The van der Waals surface area contributed by atoms with Crippen molar-refractivity contribution in [1.82, 2.24) is 5.32 Å². The number of nitrogens with one attached hydrogen (secondary N) is 1. The predicted molar refractivity (Wildman–Crippen MR) is 104 cm³/mol. The van der Waals surface area contributed by atoms with Crippen LogP contribution < -0.4 is 5.32 Å². The van der Waals surface area contributed by atoms with E-state index < -0.39 is 35.1 Å². The summed E-state index contributed by atoms with van der Waals surface area (Å²) >= 11 is 5.79. The van der Waals surface area contributed by atoms with Gasteiger partial charge >= 0.3 is 5.97 Å².